The van der Waals surface area contributed by atoms with Gasteiger partial charge in [-0.05, 0) is 61.2 Å². The van der Waals surface area contributed by atoms with Gasteiger partial charge in [0.05, 0.1) is 11.4 Å². The number of nitrogens with one attached hydrogen (secondary N) is 1. The van der Waals surface area contributed by atoms with Crippen molar-refractivity contribution in [1.82, 2.24) is 20.3 Å². The molecule has 0 atom stereocenters. The number of amides is 1. The summed E-state index contributed by atoms with van der Waals surface area (Å²) in [6, 6.07) is 15.5. The molecular formula is C20H18BrClN4O. The summed E-state index contributed by atoms with van der Waals surface area (Å²) in [6.07, 6.45) is 2.84. The number of halogens is 2. The zero-order valence-electron chi connectivity index (χ0n) is 14.5. The van der Waals surface area contributed by atoms with Gasteiger partial charge in [0.1, 0.15) is 0 Å². The normalized spacial score (nSPS) is 13.6. The van der Waals surface area contributed by atoms with Crippen molar-refractivity contribution in [2.24, 2.45) is 0 Å². The van der Waals surface area contributed by atoms with Crippen LogP contribution in [0.5, 0.6) is 0 Å². The monoisotopic (exact) mass is 444 g/mol. The first-order valence-corrected chi connectivity index (χ1v) is 10.0. The van der Waals surface area contributed by atoms with Crippen LogP contribution < -0.4 is 5.32 Å². The van der Waals surface area contributed by atoms with Crippen LogP contribution in [0.1, 0.15) is 40.5 Å². The molecule has 0 aliphatic heterocycles. The second kappa shape index (κ2) is 7.82. The molecule has 0 radical (unpaired) electrons. The van der Waals surface area contributed by atoms with E-state index < -0.39 is 0 Å². The van der Waals surface area contributed by atoms with Crippen LogP contribution in [0.4, 0.5) is 0 Å². The van der Waals surface area contributed by atoms with Crippen LogP contribution in [0.2, 0.25) is 5.02 Å². The van der Waals surface area contributed by atoms with Gasteiger partial charge >= 0.3 is 0 Å². The summed E-state index contributed by atoms with van der Waals surface area (Å²) < 4.78 is 2.79. The van der Waals surface area contributed by atoms with E-state index in [1.165, 1.54) is 0 Å². The first-order chi connectivity index (χ1) is 13.1. The Kier molecular flexibility index (Phi) is 5.27. The second-order valence-corrected chi connectivity index (χ2v) is 7.97. The van der Waals surface area contributed by atoms with E-state index in [0.717, 1.165) is 34.3 Å². The van der Waals surface area contributed by atoms with E-state index in [1.807, 2.05) is 48.5 Å². The molecule has 27 heavy (non-hydrogen) atoms. The number of benzene rings is 2. The second-order valence-electron chi connectivity index (χ2n) is 6.62. The molecule has 4 rings (SSSR count). The summed E-state index contributed by atoms with van der Waals surface area (Å²) in [5, 5.41) is 12.1. The fourth-order valence-electron chi connectivity index (χ4n) is 3.04. The third kappa shape index (κ3) is 4.22. The molecule has 1 aliphatic rings. The van der Waals surface area contributed by atoms with E-state index in [9.17, 15) is 4.79 Å². The fraction of sp³-hybridized carbons (Fsp3) is 0.250. The van der Waals surface area contributed by atoms with Crippen LogP contribution in [0.15, 0.2) is 53.0 Å². The summed E-state index contributed by atoms with van der Waals surface area (Å²) in [6.45, 7) is 0.522. The Morgan fingerprint density at radius 3 is 2.70 bits per heavy atom. The van der Waals surface area contributed by atoms with Crippen molar-refractivity contribution < 1.29 is 4.79 Å². The first kappa shape index (κ1) is 18.2. The van der Waals surface area contributed by atoms with Crippen LogP contribution in [0.3, 0.4) is 0 Å². The maximum Gasteiger partial charge on any atom is 0.273 e. The molecule has 1 aliphatic carbocycles. The number of carbonyl (C=O) groups excluding carboxylic acids is 1. The maximum atomic E-state index is 12.7. The largest absolute Gasteiger partial charge is 0.350 e. The minimum atomic E-state index is -0.178. The fourth-order valence-corrected chi connectivity index (χ4v) is 3.52. The highest BCUT2D eigenvalue weighted by Crippen LogP contribution is 2.42. The third-order valence-electron chi connectivity index (χ3n) is 4.54. The van der Waals surface area contributed by atoms with Gasteiger partial charge in [0.25, 0.3) is 5.91 Å². The van der Waals surface area contributed by atoms with Crippen LogP contribution in [-0.4, -0.2) is 27.4 Å². The SMILES string of the molecule is O=C(NCCc1cccc(Cl)c1)c1nnn(-c2ccc(Br)cc2)c1C1CC1. The predicted molar refractivity (Wildman–Crippen MR) is 109 cm³/mol. The standard InChI is InChI=1S/C20H18BrClN4O/c21-15-6-8-17(9-7-15)26-19(14-4-5-14)18(24-25-26)20(27)23-11-10-13-2-1-3-16(22)12-13/h1-3,6-9,12,14H,4-5,10-11H2,(H,23,27). The molecule has 0 bridgehead atoms. The van der Waals surface area contributed by atoms with Crippen molar-refractivity contribution in [3.05, 3.63) is 75.0 Å². The first-order valence-electron chi connectivity index (χ1n) is 8.86. The number of carbonyl (C=O) groups is 1. The van der Waals surface area contributed by atoms with Gasteiger partial charge in [0.15, 0.2) is 5.69 Å². The molecule has 1 fully saturated rings. The van der Waals surface area contributed by atoms with Crippen molar-refractivity contribution in [3.8, 4) is 5.69 Å². The van der Waals surface area contributed by atoms with Gasteiger partial charge in [-0.3, -0.25) is 4.79 Å². The topological polar surface area (TPSA) is 59.8 Å². The average Bonchev–Trinajstić information content (AvgIpc) is 3.40. The molecule has 138 valence electrons. The van der Waals surface area contributed by atoms with Crippen molar-refractivity contribution in [3.63, 3.8) is 0 Å². The molecule has 0 saturated heterocycles. The molecule has 1 heterocycles. The maximum absolute atomic E-state index is 12.7. The number of nitrogens with zero attached hydrogens (tertiary/aromatic N) is 3. The van der Waals surface area contributed by atoms with E-state index in [-0.39, 0.29) is 5.91 Å². The number of hydrogen-bond donors (Lipinski definition) is 1. The van der Waals surface area contributed by atoms with Crippen LogP contribution in [0, 0.1) is 0 Å². The molecule has 2 aromatic carbocycles. The summed E-state index contributed by atoms with van der Waals surface area (Å²) in [5.74, 6) is 0.166. The summed E-state index contributed by atoms with van der Waals surface area (Å²) >= 11 is 9.44. The smallest absolute Gasteiger partial charge is 0.273 e. The van der Waals surface area contributed by atoms with Crippen LogP contribution in [-0.2, 0) is 6.42 Å². The summed E-state index contributed by atoms with van der Waals surface area (Å²) in [7, 11) is 0. The highest BCUT2D eigenvalue weighted by atomic mass is 79.9. The zero-order chi connectivity index (χ0) is 18.8. The van der Waals surface area contributed by atoms with Crippen molar-refractivity contribution in [2.75, 3.05) is 6.54 Å². The average molecular weight is 446 g/mol. The van der Waals surface area contributed by atoms with Gasteiger partial charge in [0, 0.05) is 22.0 Å². The molecule has 1 N–H and O–H groups in total. The van der Waals surface area contributed by atoms with Gasteiger partial charge in [-0.2, -0.15) is 0 Å². The quantitative estimate of drug-likeness (QED) is 0.606. The van der Waals surface area contributed by atoms with E-state index in [0.29, 0.717) is 29.6 Å². The van der Waals surface area contributed by atoms with E-state index >= 15 is 0 Å². The number of aromatic nitrogens is 3. The Balaban J connectivity index is 1.49. The van der Waals surface area contributed by atoms with Crippen molar-refractivity contribution >= 4 is 33.4 Å². The van der Waals surface area contributed by atoms with Gasteiger partial charge in [-0.1, -0.05) is 44.9 Å². The molecule has 5 nitrogen and oxygen atoms in total. The minimum Gasteiger partial charge on any atom is -0.350 e. The Morgan fingerprint density at radius 1 is 1.22 bits per heavy atom. The lowest BCUT2D eigenvalue weighted by atomic mass is 10.1. The third-order valence-corrected chi connectivity index (χ3v) is 5.31. The highest BCUT2D eigenvalue weighted by molar-refractivity contribution is 9.10. The lowest BCUT2D eigenvalue weighted by Crippen LogP contribution is -2.27. The van der Waals surface area contributed by atoms with Gasteiger partial charge in [-0.15, -0.1) is 5.10 Å². The molecule has 3 aromatic rings. The Bertz CT molecular complexity index is 966. The highest BCUT2D eigenvalue weighted by Gasteiger charge is 2.34. The van der Waals surface area contributed by atoms with Crippen LogP contribution in [0.25, 0.3) is 5.69 Å². The molecule has 7 heteroatoms. The molecular weight excluding hydrogens is 428 g/mol. The lowest BCUT2D eigenvalue weighted by molar-refractivity contribution is 0.0948. The zero-order valence-corrected chi connectivity index (χ0v) is 16.9. The number of rotatable bonds is 6. The molecule has 1 amide bonds. The van der Waals surface area contributed by atoms with Gasteiger partial charge in [0.2, 0.25) is 0 Å². The molecule has 1 aromatic heterocycles. The molecule has 0 unspecified atom stereocenters. The van der Waals surface area contributed by atoms with E-state index in [1.54, 1.807) is 4.68 Å². The van der Waals surface area contributed by atoms with Gasteiger partial charge in [-0.25, -0.2) is 4.68 Å². The Labute approximate surface area is 170 Å². The predicted octanol–water partition coefficient (Wildman–Crippen LogP) is 4.53. The van der Waals surface area contributed by atoms with E-state index in [2.05, 4.69) is 31.6 Å². The molecule has 1 saturated carbocycles. The van der Waals surface area contributed by atoms with Crippen molar-refractivity contribution in [1.29, 1.82) is 0 Å². The number of hydrogen-bond acceptors (Lipinski definition) is 3. The van der Waals surface area contributed by atoms with E-state index in [4.69, 9.17) is 11.6 Å². The lowest BCUT2D eigenvalue weighted by Gasteiger charge is -2.08. The summed E-state index contributed by atoms with van der Waals surface area (Å²) in [4.78, 5) is 12.7. The minimum absolute atomic E-state index is 0.178. The van der Waals surface area contributed by atoms with Gasteiger partial charge < -0.3 is 5.32 Å². The molecule has 0 spiro atoms. The van der Waals surface area contributed by atoms with Crippen LogP contribution >= 0.6 is 27.5 Å². The Hall–Kier alpha value is -2.18. The summed E-state index contributed by atoms with van der Waals surface area (Å²) in [5.41, 5.74) is 3.32. The Morgan fingerprint density at radius 2 is 2.00 bits per heavy atom. The van der Waals surface area contributed by atoms with Crippen molar-refractivity contribution in [2.45, 2.75) is 25.2 Å².